The quantitative estimate of drug-likeness (QED) is 0.819. The summed E-state index contributed by atoms with van der Waals surface area (Å²) >= 11 is 0. The van der Waals surface area contributed by atoms with Crippen LogP contribution in [0.5, 0.6) is 0 Å². The van der Waals surface area contributed by atoms with Crippen LogP contribution in [-0.2, 0) is 0 Å². The smallest absolute Gasteiger partial charge is 0.129 e. The third-order valence-corrected chi connectivity index (χ3v) is 4.22. The normalized spacial score (nSPS) is 23.5. The first kappa shape index (κ1) is 13.4. The van der Waals surface area contributed by atoms with Crippen molar-refractivity contribution in [3.05, 3.63) is 35.9 Å². The van der Waals surface area contributed by atoms with E-state index in [0.29, 0.717) is 0 Å². The molecule has 2 unspecified atom stereocenters. The average molecular weight is 270 g/mol. The second-order valence-electron chi connectivity index (χ2n) is 5.80. The monoisotopic (exact) mass is 270 g/mol. The molecule has 20 heavy (non-hydrogen) atoms. The fourth-order valence-electron chi connectivity index (χ4n) is 3.00. The molecule has 1 fully saturated rings. The van der Waals surface area contributed by atoms with E-state index in [2.05, 4.69) is 24.4 Å². The number of pyridine rings is 1. The molecule has 1 saturated carbocycles. The minimum absolute atomic E-state index is 0.130. The first-order valence-corrected chi connectivity index (χ1v) is 7.55. The van der Waals surface area contributed by atoms with Gasteiger partial charge < -0.3 is 10.4 Å². The van der Waals surface area contributed by atoms with Gasteiger partial charge in [0.15, 0.2) is 0 Å². The molecule has 1 aromatic carbocycles. The Morgan fingerprint density at radius 3 is 2.85 bits per heavy atom. The molecule has 1 heterocycles. The van der Waals surface area contributed by atoms with Crippen molar-refractivity contribution < 1.29 is 5.11 Å². The lowest BCUT2D eigenvalue weighted by molar-refractivity contribution is 0.144. The summed E-state index contributed by atoms with van der Waals surface area (Å²) in [6, 6.07) is 10.4. The molecule has 1 aromatic heterocycles. The van der Waals surface area contributed by atoms with Gasteiger partial charge in [0, 0.05) is 5.39 Å². The van der Waals surface area contributed by atoms with Gasteiger partial charge in [-0.3, -0.25) is 0 Å². The molecule has 2 N–H and O–H groups in total. The number of nitrogens with zero attached hydrogens (tertiary/aromatic N) is 1. The molecule has 0 aliphatic heterocycles. The summed E-state index contributed by atoms with van der Waals surface area (Å²) in [5.41, 5.74) is 2.14. The SMILES string of the molecule is Cc1cc2ccccc2nc1NC1CCCCCC1O. The summed E-state index contributed by atoms with van der Waals surface area (Å²) in [7, 11) is 0. The number of benzene rings is 1. The van der Waals surface area contributed by atoms with Crippen LogP contribution >= 0.6 is 0 Å². The standard InChI is InChI=1S/C17H22N2O/c1-12-11-13-7-5-6-8-14(13)18-17(12)19-15-9-3-2-4-10-16(15)20/h5-8,11,15-16,20H,2-4,9-10H2,1H3,(H,18,19). The molecule has 0 radical (unpaired) electrons. The van der Waals surface area contributed by atoms with Crippen molar-refractivity contribution in [1.29, 1.82) is 0 Å². The number of aryl methyl sites for hydroxylation is 1. The van der Waals surface area contributed by atoms with Crippen molar-refractivity contribution in [2.45, 2.75) is 51.2 Å². The predicted octanol–water partition coefficient (Wildman–Crippen LogP) is 3.65. The number of nitrogens with one attached hydrogen (secondary N) is 1. The first-order chi connectivity index (χ1) is 9.74. The Bertz CT molecular complexity index is 597. The molecule has 0 amide bonds. The molecule has 0 bridgehead atoms. The number of hydrogen-bond donors (Lipinski definition) is 2. The molecule has 2 atom stereocenters. The Balaban J connectivity index is 1.87. The van der Waals surface area contributed by atoms with Crippen molar-refractivity contribution in [3.63, 3.8) is 0 Å². The Hall–Kier alpha value is -1.61. The van der Waals surface area contributed by atoms with Gasteiger partial charge in [-0.25, -0.2) is 4.98 Å². The van der Waals surface area contributed by atoms with Crippen LogP contribution in [0.3, 0.4) is 0 Å². The molecule has 1 aliphatic carbocycles. The minimum atomic E-state index is -0.259. The topological polar surface area (TPSA) is 45.2 Å². The second kappa shape index (κ2) is 5.80. The molecule has 1 aliphatic rings. The van der Waals surface area contributed by atoms with Gasteiger partial charge in [-0.1, -0.05) is 37.5 Å². The molecule has 0 spiro atoms. The maximum absolute atomic E-state index is 10.2. The van der Waals surface area contributed by atoms with Crippen LogP contribution in [0.15, 0.2) is 30.3 Å². The summed E-state index contributed by atoms with van der Waals surface area (Å²) in [6.07, 6.45) is 5.19. The lowest BCUT2D eigenvalue weighted by Crippen LogP contribution is -2.33. The van der Waals surface area contributed by atoms with Crippen molar-refractivity contribution in [2.24, 2.45) is 0 Å². The van der Waals surface area contributed by atoms with Gasteiger partial charge in [0.25, 0.3) is 0 Å². The van der Waals surface area contributed by atoms with Crippen LogP contribution in [0.25, 0.3) is 10.9 Å². The highest BCUT2D eigenvalue weighted by atomic mass is 16.3. The Labute approximate surface area is 120 Å². The van der Waals surface area contributed by atoms with Crippen LogP contribution < -0.4 is 5.32 Å². The molecule has 0 saturated heterocycles. The number of aromatic nitrogens is 1. The van der Waals surface area contributed by atoms with Gasteiger partial charge in [-0.05, 0) is 37.5 Å². The van der Waals surface area contributed by atoms with E-state index in [1.54, 1.807) is 0 Å². The number of fused-ring (bicyclic) bond motifs is 1. The van der Waals surface area contributed by atoms with Crippen LogP contribution in [0.1, 0.15) is 37.7 Å². The van der Waals surface area contributed by atoms with Crippen LogP contribution in [0.2, 0.25) is 0 Å². The van der Waals surface area contributed by atoms with Gasteiger partial charge in [-0.2, -0.15) is 0 Å². The lowest BCUT2D eigenvalue weighted by Gasteiger charge is -2.23. The Morgan fingerprint density at radius 2 is 1.95 bits per heavy atom. The first-order valence-electron chi connectivity index (χ1n) is 7.55. The molecule has 3 rings (SSSR count). The van der Waals surface area contributed by atoms with Crippen LogP contribution in [-0.4, -0.2) is 22.2 Å². The van der Waals surface area contributed by atoms with Gasteiger partial charge in [0.05, 0.1) is 17.7 Å². The number of anilines is 1. The van der Waals surface area contributed by atoms with Crippen molar-refractivity contribution in [2.75, 3.05) is 5.32 Å². The molecule has 106 valence electrons. The molecular formula is C17H22N2O. The Kier molecular flexibility index (Phi) is 3.88. The maximum atomic E-state index is 10.2. The van der Waals surface area contributed by atoms with Gasteiger partial charge in [0.1, 0.15) is 5.82 Å². The van der Waals surface area contributed by atoms with E-state index in [4.69, 9.17) is 4.98 Å². The van der Waals surface area contributed by atoms with Crippen LogP contribution in [0.4, 0.5) is 5.82 Å². The summed E-state index contributed by atoms with van der Waals surface area (Å²) in [4.78, 5) is 4.71. The number of aliphatic hydroxyl groups excluding tert-OH is 1. The number of rotatable bonds is 2. The second-order valence-corrected chi connectivity index (χ2v) is 5.80. The van der Waals surface area contributed by atoms with Gasteiger partial charge >= 0.3 is 0 Å². The van der Waals surface area contributed by atoms with E-state index in [0.717, 1.165) is 41.5 Å². The van der Waals surface area contributed by atoms with E-state index < -0.39 is 0 Å². The highest BCUT2D eigenvalue weighted by Gasteiger charge is 2.22. The van der Waals surface area contributed by atoms with Crippen molar-refractivity contribution in [3.8, 4) is 0 Å². The molecule has 3 heteroatoms. The molecule has 2 aromatic rings. The zero-order valence-electron chi connectivity index (χ0n) is 12.0. The average Bonchev–Trinajstić information content (AvgIpc) is 2.65. The van der Waals surface area contributed by atoms with E-state index >= 15 is 0 Å². The van der Waals surface area contributed by atoms with Gasteiger partial charge in [-0.15, -0.1) is 0 Å². The van der Waals surface area contributed by atoms with Gasteiger partial charge in [0.2, 0.25) is 0 Å². The number of hydrogen-bond acceptors (Lipinski definition) is 3. The van der Waals surface area contributed by atoms with E-state index in [1.807, 2.05) is 18.2 Å². The zero-order chi connectivity index (χ0) is 13.9. The lowest BCUT2D eigenvalue weighted by atomic mass is 10.1. The van der Waals surface area contributed by atoms with E-state index in [1.165, 1.54) is 12.8 Å². The molecule has 3 nitrogen and oxygen atoms in total. The summed E-state index contributed by atoms with van der Waals surface area (Å²) in [6.45, 7) is 2.07. The minimum Gasteiger partial charge on any atom is -0.391 e. The third-order valence-electron chi connectivity index (χ3n) is 4.22. The fraction of sp³-hybridized carbons (Fsp3) is 0.471. The van der Waals surface area contributed by atoms with Crippen molar-refractivity contribution >= 4 is 16.7 Å². The summed E-state index contributed by atoms with van der Waals surface area (Å²) < 4.78 is 0. The number of aliphatic hydroxyl groups is 1. The van der Waals surface area contributed by atoms with E-state index in [9.17, 15) is 5.11 Å². The fourth-order valence-corrected chi connectivity index (χ4v) is 3.00. The zero-order valence-corrected chi connectivity index (χ0v) is 12.0. The molecular weight excluding hydrogens is 248 g/mol. The Morgan fingerprint density at radius 1 is 1.15 bits per heavy atom. The third kappa shape index (κ3) is 2.78. The highest BCUT2D eigenvalue weighted by Crippen LogP contribution is 2.24. The predicted molar refractivity (Wildman–Crippen MR) is 83.0 cm³/mol. The largest absolute Gasteiger partial charge is 0.391 e. The maximum Gasteiger partial charge on any atom is 0.129 e. The highest BCUT2D eigenvalue weighted by molar-refractivity contribution is 5.81. The van der Waals surface area contributed by atoms with Crippen molar-refractivity contribution in [1.82, 2.24) is 4.98 Å². The number of para-hydroxylation sites is 1. The van der Waals surface area contributed by atoms with Crippen LogP contribution in [0, 0.1) is 6.92 Å². The summed E-state index contributed by atoms with van der Waals surface area (Å²) in [5, 5.41) is 14.9. The van der Waals surface area contributed by atoms with E-state index in [-0.39, 0.29) is 12.1 Å². The summed E-state index contributed by atoms with van der Waals surface area (Å²) in [5.74, 6) is 0.912.